The van der Waals surface area contributed by atoms with E-state index < -0.39 is 30.0 Å². The molecule has 9 nitrogen and oxygen atoms in total. The van der Waals surface area contributed by atoms with Crippen LogP contribution in [-0.4, -0.2) is 68.5 Å². The third kappa shape index (κ3) is 2.77. The lowest BCUT2D eigenvalue weighted by Crippen LogP contribution is -2.56. The number of carbonyl (C=O) groups is 4. The smallest absolute Gasteiger partial charge is 0.421 e. The van der Waals surface area contributed by atoms with E-state index in [1.54, 1.807) is 19.2 Å². The van der Waals surface area contributed by atoms with Crippen LogP contribution in [0.2, 0.25) is 0 Å². The third-order valence-electron chi connectivity index (χ3n) is 4.62. The van der Waals surface area contributed by atoms with Crippen molar-refractivity contribution in [1.29, 1.82) is 0 Å². The van der Waals surface area contributed by atoms with Gasteiger partial charge in [-0.2, -0.15) is 4.90 Å². The van der Waals surface area contributed by atoms with Gasteiger partial charge in [0.1, 0.15) is 11.8 Å². The molecular weight excluding hydrogens is 330 g/mol. The van der Waals surface area contributed by atoms with Gasteiger partial charge in [-0.05, 0) is 24.1 Å². The normalized spacial score (nSPS) is 24.2. The summed E-state index contributed by atoms with van der Waals surface area (Å²) >= 11 is 0. The molecule has 1 aromatic rings. The molecule has 2 fully saturated rings. The summed E-state index contributed by atoms with van der Waals surface area (Å²) in [6.07, 6.45) is -1.64. The average molecular weight is 347 g/mol. The van der Waals surface area contributed by atoms with Crippen LogP contribution in [0.1, 0.15) is 24.4 Å². The molecule has 0 spiro atoms. The van der Waals surface area contributed by atoms with Crippen LogP contribution < -0.4 is 0 Å². The zero-order valence-electron chi connectivity index (χ0n) is 13.5. The first kappa shape index (κ1) is 16.7. The second-order valence-electron chi connectivity index (χ2n) is 6.06. The molecule has 2 N–H and O–H groups in total. The van der Waals surface area contributed by atoms with Gasteiger partial charge in [0.2, 0.25) is 5.91 Å². The molecule has 3 rings (SSSR count). The number of nitrogens with zero attached hydrogens (tertiary/aromatic N) is 3. The summed E-state index contributed by atoms with van der Waals surface area (Å²) < 4.78 is 0. The number of carboxylic acid groups (broad SMARTS) is 1. The Balaban J connectivity index is 1.84. The number of benzene rings is 1. The van der Waals surface area contributed by atoms with Crippen LogP contribution in [0.3, 0.4) is 0 Å². The Labute approximate surface area is 143 Å². The van der Waals surface area contributed by atoms with E-state index in [0.717, 1.165) is 5.56 Å². The topological polar surface area (TPSA) is 118 Å². The highest BCUT2D eigenvalue weighted by atomic mass is 16.4. The molecule has 0 bridgehead atoms. The van der Waals surface area contributed by atoms with Gasteiger partial charge in [0, 0.05) is 20.0 Å². The number of carbonyl (C=O) groups excluding carboxylic acids is 3. The van der Waals surface area contributed by atoms with Crippen LogP contribution in [-0.2, 0) is 9.59 Å². The molecule has 2 aliphatic heterocycles. The Bertz CT molecular complexity index is 747. The fraction of sp³-hybridized carbons (Fsp3) is 0.375. The number of imide groups is 3. The number of rotatable bonds is 2. The van der Waals surface area contributed by atoms with Gasteiger partial charge in [0.25, 0.3) is 5.91 Å². The number of hydrogen-bond donors (Lipinski definition) is 2. The van der Waals surface area contributed by atoms with E-state index in [2.05, 4.69) is 0 Å². The third-order valence-corrected chi connectivity index (χ3v) is 4.62. The van der Waals surface area contributed by atoms with Gasteiger partial charge < -0.3 is 20.0 Å². The predicted molar refractivity (Wildman–Crippen MR) is 83.6 cm³/mol. The Morgan fingerprint density at radius 1 is 1.12 bits per heavy atom. The molecule has 25 heavy (non-hydrogen) atoms. The van der Waals surface area contributed by atoms with Crippen molar-refractivity contribution in [1.82, 2.24) is 14.7 Å². The second-order valence-corrected chi connectivity index (χ2v) is 6.06. The molecule has 2 saturated heterocycles. The number of likely N-dealkylation sites (N-methyl/N-ethyl adjacent to an activating group) is 1. The van der Waals surface area contributed by atoms with Crippen LogP contribution in [0.5, 0.6) is 5.75 Å². The van der Waals surface area contributed by atoms with E-state index in [9.17, 15) is 24.3 Å². The number of phenols is 1. The molecule has 0 saturated carbocycles. The summed E-state index contributed by atoms with van der Waals surface area (Å²) in [5.74, 6) is -1.56. The molecule has 5 amide bonds. The van der Waals surface area contributed by atoms with E-state index in [1.807, 2.05) is 0 Å². The van der Waals surface area contributed by atoms with Gasteiger partial charge in [-0.1, -0.05) is 12.1 Å². The molecule has 1 aromatic carbocycles. The van der Waals surface area contributed by atoms with Gasteiger partial charge >= 0.3 is 12.1 Å². The maximum atomic E-state index is 12.6. The van der Waals surface area contributed by atoms with Crippen molar-refractivity contribution < 1.29 is 29.4 Å². The van der Waals surface area contributed by atoms with Crippen molar-refractivity contribution >= 4 is 23.9 Å². The zero-order valence-corrected chi connectivity index (χ0v) is 13.5. The minimum atomic E-state index is -1.63. The minimum Gasteiger partial charge on any atom is -0.508 e. The van der Waals surface area contributed by atoms with Gasteiger partial charge in [-0.3, -0.25) is 9.59 Å². The molecule has 0 aromatic heterocycles. The Morgan fingerprint density at radius 3 is 2.36 bits per heavy atom. The quantitative estimate of drug-likeness (QED) is 0.770. The molecule has 0 radical (unpaired) electrons. The molecule has 2 heterocycles. The average Bonchev–Trinajstić information content (AvgIpc) is 2.84. The fourth-order valence-corrected chi connectivity index (χ4v) is 3.27. The Morgan fingerprint density at radius 2 is 1.76 bits per heavy atom. The van der Waals surface area contributed by atoms with Crippen LogP contribution >= 0.6 is 0 Å². The van der Waals surface area contributed by atoms with Gasteiger partial charge in [0.15, 0.2) is 0 Å². The largest absolute Gasteiger partial charge is 0.508 e. The highest BCUT2D eigenvalue weighted by Gasteiger charge is 2.47. The fourth-order valence-electron chi connectivity index (χ4n) is 3.27. The summed E-state index contributed by atoms with van der Waals surface area (Å²) in [7, 11) is 1.59. The van der Waals surface area contributed by atoms with Gasteiger partial charge in [-0.25, -0.2) is 9.59 Å². The number of amides is 5. The number of phenolic OH excluding ortho intramolecular Hbond substituents is 1. The summed E-state index contributed by atoms with van der Waals surface area (Å²) in [6, 6.07) is 4.66. The Hall–Kier alpha value is -3.10. The Kier molecular flexibility index (Phi) is 4.07. The van der Waals surface area contributed by atoms with Crippen molar-refractivity contribution in [2.75, 3.05) is 13.6 Å². The van der Waals surface area contributed by atoms with Crippen LogP contribution in [0.25, 0.3) is 0 Å². The van der Waals surface area contributed by atoms with Crippen LogP contribution in [0, 0.1) is 0 Å². The number of hydrogen-bond acceptors (Lipinski definition) is 5. The van der Waals surface area contributed by atoms with E-state index >= 15 is 0 Å². The number of piperidine rings is 1. The van der Waals surface area contributed by atoms with Crippen molar-refractivity contribution in [3.63, 3.8) is 0 Å². The van der Waals surface area contributed by atoms with E-state index in [0.29, 0.717) is 0 Å². The first-order valence-corrected chi connectivity index (χ1v) is 7.73. The van der Waals surface area contributed by atoms with E-state index in [-0.39, 0.29) is 36.1 Å². The van der Waals surface area contributed by atoms with Crippen molar-refractivity contribution in [2.45, 2.75) is 24.9 Å². The summed E-state index contributed by atoms with van der Waals surface area (Å²) in [5.41, 5.74) is 0.783. The van der Waals surface area contributed by atoms with Crippen LogP contribution in [0.4, 0.5) is 9.59 Å². The lowest BCUT2D eigenvalue weighted by Gasteiger charge is -2.32. The molecule has 0 aliphatic carbocycles. The van der Waals surface area contributed by atoms with Crippen molar-refractivity contribution in [2.24, 2.45) is 0 Å². The first-order chi connectivity index (χ1) is 11.8. The zero-order chi connectivity index (χ0) is 18.3. The number of likely N-dealkylation sites (tertiary alicyclic amines) is 1. The highest BCUT2D eigenvalue weighted by molar-refractivity contribution is 6.12. The van der Waals surface area contributed by atoms with Crippen LogP contribution in [0.15, 0.2) is 24.3 Å². The number of urea groups is 1. The molecule has 132 valence electrons. The maximum absolute atomic E-state index is 12.6. The molecular formula is C16H17N3O6. The lowest BCUT2D eigenvalue weighted by molar-refractivity contribution is -0.148. The molecule has 9 heteroatoms. The van der Waals surface area contributed by atoms with Crippen molar-refractivity contribution in [3.05, 3.63) is 29.8 Å². The standard InChI is InChI=1S/C16H17N3O6/c1-17-12(9-2-4-10(20)5-3-9)8-18(15(17)23)11-6-7-13(21)19(14(11)22)16(24)25/h2-5,11-12,20H,6-8H2,1H3,(H,24,25). The molecule has 2 unspecified atom stereocenters. The summed E-state index contributed by atoms with van der Waals surface area (Å²) in [5, 5.41) is 18.4. The predicted octanol–water partition coefficient (Wildman–Crippen LogP) is 0.996. The monoisotopic (exact) mass is 347 g/mol. The van der Waals surface area contributed by atoms with Gasteiger partial charge in [0.05, 0.1) is 6.04 Å². The minimum absolute atomic E-state index is 0.101. The molecule has 2 atom stereocenters. The van der Waals surface area contributed by atoms with Crippen molar-refractivity contribution in [3.8, 4) is 5.75 Å². The lowest BCUT2D eigenvalue weighted by atomic mass is 10.0. The second kappa shape index (κ2) is 6.08. The van der Waals surface area contributed by atoms with Gasteiger partial charge in [-0.15, -0.1) is 0 Å². The summed E-state index contributed by atoms with van der Waals surface area (Å²) in [6.45, 7) is 0.193. The van der Waals surface area contributed by atoms with E-state index in [4.69, 9.17) is 5.11 Å². The molecule has 2 aliphatic rings. The first-order valence-electron chi connectivity index (χ1n) is 7.73. The van der Waals surface area contributed by atoms with E-state index in [1.165, 1.54) is 21.9 Å². The SMILES string of the molecule is CN1C(=O)N(C2CCC(=O)N(C(=O)O)C2=O)CC1c1ccc(O)cc1. The highest BCUT2D eigenvalue weighted by Crippen LogP contribution is 2.32. The summed E-state index contributed by atoms with van der Waals surface area (Å²) in [4.78, 5) is 50.7. The maximum Gasteiger partial charge on any atom is 0.421 e. The number of aromatic hydroxyl groups is 1.